The van der Waals surface area contributed by atoms with Gasteiger partial charge in [-0.1, -0.05) is 11.6 Å². The number of carbonyl (C=O) groups is 1. The third-order valence-corrected chi connectivity index (χ3v) is 5.27. The van der Waals surface area contributed by atoms with Crippen LogP contribution in [0.25, 0.3) is 16.9 Å². The summed E-state index contributed by atoms with van der Waals surface area (Å²) >= 11 is 5.94. The highest BCUT2D eigenvalue weighted by Crippen LogP contribution is 2.30. The smallest absolute Gasteiger partial charge is 0.275 e. The molecule has 5 rings (SSSR count). The minimum absolute atomic E-state index is 0.196. The Kier molecular flexibility index (Phi) is 4.06. The van der Waals surface area contributed by atoms with Crippen LogP contribution in [0, 0.1) is 5.95 Å². The first-order valence-corrected chi connectivity index (χ1v) is 9.38. The maximum Gasteiger partial charge on any atom is 0.275 e. The van der Waals surface area contributed by atoms with Crippen LogP contribution in [0.5, 0.6) is 0 Å². The van der Waals surface area contributed by atoms with Crippen molar-refractivity contribution in [3.63, 3.8) is 0 Å². The Hall–Kier alpha value is -3.33. The van der Waals surface area contributed by atoms with Crippen LogP contribution in [0.15, 0.2) is 43.0 Å². The summed E-state index contributed by atoms with van der Waals surface area (Å²) in [6, 6.07) is 4.38. The summed E-state index contributed by atoms with van der Waals surface area (Å²) in [6.45, 7) is 2.98. The van der Waals surface area contributed by atoms with E-state index in [9.17, 15) is 9.18 Å². The first kappa shape index (κ1) is 17.7. The number of fused-ring (bicyclic) bond motifs is 2. The number of hydrogen-bond donors (Lipinski definition) is 0. The summed E-state index contributed by atoms with van der Waals surface area (Å²) in [5.74, 6) is 0.0349. The van der Waals surface area contributed by atoms with Crippen molar-refractivity contribution in [1.82, 2.24) is 34.0 Å². The van der Waals surface area contributed by atoms with Gasteiger partial charge in [0.1, 0.15) is 5.82 Å². The normalized spacial score (nSPS) is 16.2. The molecular weight excluding hydrogens is 397 g/mol. The van der Waals surface area contributed by atoms with Gasteiger partial charge in [0.2, 0.25) is 5.95 Å². The SMILES string of the molecule is CC1c2ncc(-c3ccc(F)nc3)n2CCN1C(=O)c1cc2ncc(Cl)cn2n1. The van der Waals surface area contributed by atoms with Gasteiger partial charge in [-0.15, -0.1) is 0 Å². The summed E-state index contributed by atoms with van der Waals surface area (Å²) in [7, 11) is 0. The molecular formula is C19H15ClFN7O. The van der Waals surface area contributed by atoms with Crippen molar-refractivity contribution in [2.75, 3.05) is 6.54 Å². The number of amides is 1. The van der Waals surface area contributed by atoms with Crippen molar-refractivity contribution in [1.29, 1.82) is 0 Å². The zero-order valence-electron chi connectivity index (χ0n) is 15.3. The quantitative estimate of drug-likeness (QED) is 0.474. The summed E-state index contributed by atoms with van der Waals surface area (Å²) in [4.78, 5) is 27.2. The van der Waals surface area contributed by atoms with Crippen LogP contribution < -0.4 is 0 Å². The second-order valence-electron chi connectivity index (χ2n) is 6.80. The number of rotatable bonds is 2. The number of nitrogens with zero attached hydrogens (tertiary/aromatic N) is 7. The van der Waals surface area contributed by atoms with Gasteiger partial charge in [-0.3, -0.25) is 4.79 Å². The predicted octanol–water partition coefficient (Wildman–Crippen LogP) is 3.00. The topological polar surface area (TPSA) is 81.2 Å². The van der Waals surface area contributed by atoms with Crippen molar-refractivity contribution in [3.8, 4) is 11.3 Å². The van der Waals surface area contributed by atoms with Crippen LogP contribution in [-0.2, 0) is 6.54 Å². The third kappa shape index (κ3) is 2.94. The van der Waals surface area contributed by atoms with Gasteiger partial charge in [-0.2, -0.15) is 9.49 Å². The number of carbonyl (C=O) groups excluding carboxylic acids is 1. The molecule has 0 saturated carbocycles. The molecule has 1 amide bonds. The molecule has 0 spiro atoms. The van der Waals surface area contributed by atoms with Crippen molar-refractivity contribution >= 4 is 23.2 Å². The molecule has 1 aliphatic heterocycles. The average molecular weight is 412 g/mol. The fourth-order valence-electron chi connectivity index (χ4n) is 3.64. The molecule has 0 bridgehead atoms. The number of imidazole rings is 1. The molecule has 0 saturated heterocycles. The molecule has 0 N–H and O–H groups in total. The van der Waals surface area contributed by atoms with Gasteiger partial charge in [0.05, 0.1) is 29.2 Å². The van der Waals surface area contributed by atoms with Gasteiger partial charge in [-0.25, -0.2) is 19.5 Å². The van der Waals surface area contributed by atoms with Gasteiger partial charge in [-0.05, 0) is 19.1 Å². The molecule has 10 heteroatoms. The van der Waals surface area contributed by atoms with E-state index >= 15 is 0 Å². The molecule has 29 heavy (non-hydrogen) atoms. The van der Waals surface area contributed by atoms with Crippen LogP contribution in [0.2, 0.25) is 5.02 Å². The molecule has 146 valence electrons. The first-order valence-electron chi connectivity index (χ1n) is 9.00. The van der Waals surface area contributed by atoms with Gasteiger partial charge < -0.3 is 9.47 Å². The lowest BCUT2D eigenvalue weighted by molar-refractivity contribution is 0.0632. The van der Waals surface area contributed by atoms with Crippen molar-refractivity contribution < 1.29 is 9.18 Å². The van der Waals surface area contributed by atoms with Crippen LogP contribution in [-0.4, -0.2) is 46.5 Å². The minimum Gasteiger partial charge on any atom is -0.326 e. The van der Waals surface area contributed by atoms with E-state index in [0.29, 0.717) is 29.5 Å². The Labute approximate surface area is 169 Å². The second kappa shape index (κ2) is 6.63. The molecule has 0 aliphatic carbocycles. The lowest BCUT2D eigenvalue weighted by Gasteiger charge is -2.34. The molecule has 1 atom stereocenters. The highest BCUT2D eigenvalue weighted by molar-refractivity contribution is 6.30. The fourth-order valence-corrected chi connectivity index (χ4v) is 3.78. The summed E-state index contributed by atoms with van der Waals surface area (Å²) in [5, 5.41) is 4.75. The number of halogens is 2. The van der Waals surface area contributed by atoms with Crippen LogP contribution in [0.1, 0.15) is 29.3 Å². The van der Waals surface area contributed by atoms with Crippen LogP contribution in [0.3, 0.4) is 0 Å². The molecule has 8 nitrogen and oxygen atoms in total. The number of pyridine rings is 1. The number of aromatic nitrogens is 6. The van der Waals surface area contributed by atoms with E-state index in [0.717, 1.165) is 17.1 Å². The van der Waals surface area contributed by atoms with E-state index in [1.165, 1.54) is 23.0 Å². The second-order valence-corrected chi connectivity index (χ2v) is 7.24. The standard InChI is InChI=1S/C19H15ClFN7O/c1-11-18-24-9-15(12-2-3-16(21)22-7-12)27(18)5-4-26(11)19(29)14-6-17-23-8-13(20)10-28(17)25-14/h2-3,6-11H,4-5H2,1H3. The van der Waals surface area contributed by atoms with Crippen molar-refractivity contribution in [2.45, 2.75) is 19.5 Å². The Balaban J connectivity index is 1.45. The average Bonchev–Trinajstić information content (AvgIpc) is 3.33. The zero-order valence-corrected chi connectivity index (χ0v) is 16.1. The van der Waals surface area contributed by atoms with Crippen molar-refractivity contribution in [2.24, 2.45) is 0 Å². The summed E-state index contributed by atoms with van der Waals surface area (Å²) in [5.41, 5.74) is 2.48. The minimum atomic E-state index is -0.527. The predicted molar refractivity (Wildman–Crippen MR) is 103 cm³/mol. The largest absolute Gasteiger partial charge is 0.326 e. The molecule has 1 unspecified atom stereocenters. The highest BCUT2D eigenvalue weighted by atomic mass is 35.5. The van der Waals surface area contributed by atoms with E-state index in [2.05, 4.69) is 20.1 Å². The van der Waals surface area contributed by atoms with E-state index in [1.54, 1.807) is 29.4 Å². The molecule has 4 aromatic rings. The summed E-state index contributed by atoms with van der Waals surface area (Å²) < 4.78 is 16.7. The third-order valence-electron chi connectivity index (χ3n) is 5.08. The van der Waals surface area contributed by atoms with Gasteiger partial charge in [0.15, 0.2) is 11.3 Å². The first-order chi connectivity index (χ1) is 14.0. The van der Waals surface area contributed by atoms with E-state index in [4.69, 9.17) is 11.6 Å². The van der Waals surface area contributed by atoms with E-state index in [-0.39, 0.29) is 11.9 Å². The molecule has 5 heterocycles. The van der Waals surface area contributed by atoms with Crippen molar-refractivity contribution in [3.05, 3.63) is 65.5 Å². The Morgan fingerprint density at radius 1 is 1.17 bits per heavy atom. The van der Waals surface area contributed by atoms with Gasteiger partial charge in [0.25, 0.3) is 5.91 Å². The maximum atomic E-state index is 13.1. The van der Waals surface area contributed by atoms with Gasteiger partial charge in [0, 0.05) is 37.1 Å². The molecule has 0 radical (unpaired) electrons. The Morgan fingerprint density at radius 3 is 2.83 bits per heavy atom. The Morgan fingerprint density at radius 2 is 2.03 bits per heavy atom. The lowest BCUT2D eigenvalue weighted by Crippen LogP contribution is -2.41. The lowest BCUT2D eigenvalue weighted by atomic mass is 10.1. The number of hydrogen-bond acceptors (Lipinski definition) is 5. The fraction of sp³-hybridized carbons (Fsp3) is 0.211. The zero-order chi connectivity index (χ0) is 20.1. The maximum absolute atomic E-state index is 13.1. The molecule has 4 aromatic heterocycles. The van der Waals surface area contributed by atoms with Crippen LogP contribution in [0.4, 0.5) is 4.39 Å². The Bertz CT molecular complexity index is 1230. The van der Waals surface area contributed by atoms with Gasteiger partial charge >= 0.3 is 0 Å². The van der Waals surface area contributed by atoms with E-state index in [1.807, 2.05) is 11.5 Å². The molecule has 1 aliphatic rings. The molecule has 0 aromatic carbocycles. The van der Waals surface area contributed by atoms with E-state index < -0.39 is 5.95 Å². The van der Waals surface area contributed by atoms with Crippen LogP contribution >= 0.6 is 11.6 Å². The molecule has 0 fully saturated rings. The summed E-state index contributed by atoms with van der Waals surface area (Å²) in [6.07, 6.45) is 6.33. The highest BCUT2D eigenvalue weighted by Gasteiger charge is 2.32. The monoisotopic (exact) mass is 411 g/mol.